The quantitative estimate of drug-likeness (QED) is 0.0909. The standard InChI is InChI=1S/C12H8ClFN2O3.C11H6ClFN2O3.CH4.BBr3/c1-19-11-3-2-7(13)4-9(11)10-5-8(16(17)18)6-15-12(10)14;12-6-1-2-10(16)8(3-6)9-4-7(15(17)18)5-14-11(9)13;;2-1(3)4/h2-6H,1H3;1-5,16H;1H4;. The average molecular weight is 818 g/mol. The van der Waals surface area contributed by atoms with Crippen molar-refractivity contribution in [2.75, 3.05) is 7.11 Å². The monoisotopic (exact) mass is 814 g/mol. The molecule has 0 unspecified atom stereocenters. The molecule has 0 saturated carbocycles. The molecule has 0 fully saturated rings. The number of aromatic nitrogens is 2. The van der Waals surface area contributed by atoms with E-state index >= 15 is 0 Å². The first-order valence-corrected chi connectivity index (χ1v) is 14.1. The number of rotatable bonds is 5. The van der Waals surface area contributed by atoms with Gasteiger partial charge in [0, 0.05) is 44.4 Å². The second-order valence-electron chi connectivity index (χ2n) is 7.33. The number of nitro groups is 2. The maximum absolute atomic E-state index is 13.7. The number of ether oxygens (including phenoxy) is 1. The van der Waals surface area contributed by atoms with Crippen LogP contribution in [0.3, 0.4) is 0 Å². The lowest BCUT2D eigenvalue weighted by atomic mass is 10.1. The molecule has 0 amide bonds. The Hall–Kier alpha value is -2.92. The largest absolute Gasteiger partial charge is 0.507 e. The number of phenols is 1. The second-order valence-corrected chi connectivity index (χ2v) is 14.6. The van der Waals surface area contributed by atoms with E-state index in [1.54, 1.807) is 12.1 Å². The molecular formula is C24H18BBr3Cl2F2N4O6. The third kappa shape index (κ3) is 10.7. The number of halogens is 7. The fraction of sp³-hybridized carbons (Fsp3) is 0.0833. The summed E-state index contributed by atoms with van der Waals surface area (Å²) in [5, 5.41) is 31.6. The lowest BCUT2D eigenvalue weighted by Crippen LogP contribution is -1.96. The maximum Gasteiger partial charge on any atom is 0.369 e. The number of hydrogen-bond donors (Lipinski definition) is 1. The van der Waals surface area contributed by atoms with Crippen molar-refractivity contribution in [3.05, 3.63) is 103 Å². The highest BCUT2D eigenvalue weighted by Gasteiger charge is 2.18. The van der Waals surface area contributed by atoms with E-state index in [-0.39, 0.29) is 49.4 Å². The molecule has 42 heavy (non-hydrogen) atoms. The van der Waals surface area contributed by atoms with Crippen molar-refractivity contribution in [3.63, 3.8) is 0 Å². The SMILES string of the molecule is BrB(Br)Br.C.COc1ccc(Cl)cc1-c1cc([N+](=O)[O-])cnc1F.O=[N+]([O-])c1cnc(F)c(-c2cc(Cl)ccc2O)c1. The fourth-order valence-electron chi connectivity index (χ4n) is 3.07. The van der Waals surface area contributed by atoms with Gasteiger partial charge >= 0.3 is 3.18 Å². The van der Waals surface area contributed by atoms with Crippen LogP contribution < -0.4 is 4.74 Å². The summed E-state index contributed by atoms with van der Waals surface area (Å²) in [7, 11) is 1.41. The predicted molar refractivity (Wildman–Crippen MR) is 170 cm³/mol. The Kier molecular flexibility index (Phi) is 15.3. The molecule has 0 aliphatic heterocycles. The Morgan fingerprint density at radius 3 is 1.64 bits per heavy atom. The summed E-state index contributed by atoms with van der Waals surface area (Å²) < 4.78 is 32.6. The summed E-state index contributed by atoms with van der Waals surface area (Å²) >= 11 is 20.9. The predicted octanol–water partition coefficient (Wildman–Crippen LogP) is 9.40. The topological polar surface area (TPSA) is 142 Å². The van der Waals surface area contributed by atoms with Gasteiger partial charge < -0.3 is 9.84 Å². The third-order valence-corrected chi connectivity index (χ3v) is 5.24. The second kappa shape index (κ2) is 17.3. The molecule has 0 radical (unpaired) electrons. The van der Waals surface area contributed by atoms with E-state index in [9.17, 15) is 34.1 Å². The molecule has 2 aromatic heterocycles. The van der Waals surface area contributed by atoms with Gasteiger partial charge in [0.1, 0.15) is 23.9 Å². The Labute approximate surface area is 273 Å². The third-order valence-electron chi connectivity index (χ3n) is 4.77. The summed E-state index contributed by atoms with van der Waals surface area (Å²) in [6.45, 7) is 0. The van der Waals surface area contributed by atoms with Crippen molar-refractivity contribution in [1.29, 1.82) is 0 Å². The van der Waals surface area contributed by atoms with Crippen LogP contribution in [0.5, 0.6) is 11.5 Å². The van der Waals surface area contributed by atoms with Gasteiger partial charge in [0.15, 0.2) is 0 Å². The van der Waals surface area contributed by atoms with Gasteiger partial charge in [-0.2, -0.15) is 8.78 Å². The molecule has 2 heterocycles. The normalized spacial score (nSPS) is 9.71. The zero-order valence-electron chi connectivity index (χ0n) is 20.3. The van der Waals surface area contributed by atoms with Crippen molar-refractivity contribution >= 4 is 85.0 Å². The number of nitrogens with zero attached hydrogens (tertiary/aromatic N) is 4. The molecule has 4 aromatic rings. The summed E-state index contributed by atoms with van der Waals surface area (Å²) in [4.78, 5) is 26.6. The number of hydrogen-bond acceptors (Lipinski definition) is 8. The molecule has 0 aliphatic rings. The van der Waals surface area contributed by atoms with Gasteiger partial charge in [0.05, 0.1) is 17.0 Å². The van der Waals surface area contributed by atoms with Crippen molar-refractivity contribution in [3.8, 4) is 33.8 Å². The minimum atomic E-state index is -0.918. The van der Waals surface area contributed by atoms with Crippen LogP contribution in [0.15, 0.2) is 60.9 Å². The van der Waals surface area contributed by atoms with Crippen molar-refractivity contribution < 1.29 is 28.5 Å². The molecule has 0 aliphatic carbocycles. The van der Waals surface area contributed by atoms with Gasteiger partial charge in [-0.1, -0.05) is 30.6 Å². The molecule has 0 atom stereocenters. The van der Waals surface area contributed by atoms with E-state index in [1.165, 1.54) is 31.4 Å². The molecule has 0 spiro atoms. The molecule has 1 N–H and O–H groups in total. The average Bonchev–Trinajstić information content (AvgIpc) is 2.90. The molecule has 10 nitrogen and oxygen atoms in total. The van der Waals surface area contributed by atoms with Gasteiger partial charge in [-0.15, -0.1) is 47.3 Å². The summed E-state index contributed by atoms with van der Waals surface area (Å²) in [5.74, 6) is -1.63. The van der Waals surface area contributed by atoms with Crippen LogP contribution >= 0.6 is 70.5 Å². The molecule has 2 aromatic carbocycles. The Balaban J connectivity index is 0.000000365. The van der Waals surface area contributed by atoms with Crippen molar-refractivity contribution in [2.45, 2.75) is 7.43 Å². The fourth-order valence-corrected chi connectivity index (χ4v) is 3.41. The van der Waals surface area contributed by atoms with E-state index < -0.39 is 21.7 Å². The van der Waals surface area contributed by atoms with Crippen LogP contribution in [0.4, 0.5) is 20.2 Å². The van der Waals surface area contributed by atoms with Crippen molar-refractivity contribution in [2.24, 2.45) is 0 Å². The van der Waals surface area contributed by atoms with Gasteiger partial charge in [0.2, 0.25) is 11.9 Å². The van der Waals surface area contributed by atoms with E-state index in [0.29, 0.717) is 16.3 Å². The summed E-state index contributed by atoms with van der Waals surface area (Å²) in [5.41, 5.74) is -0.526. The Bertz CT molecular complexity index is 1570. The van der Waals surface area contributed by atoms with Crippen LogP contribution in [0.1, 0.15) is 7.43 Å². The summed E-state index contributed by atoms with van der Waals surface area (Å²) in [6, 6.07) is 10.7. The molecule has 18 heteroatoms. The minimum absolute atomic E-state index is 0. The number of pyridine rings is 2. The Morgan fingerprint density at radius 2 is 1.21 bits per heavy atom. The lowest BCUT2D eigenvalue weighted by Gasteiger charge is -2.09. The van der Waals surface area contributed by atoms with Crippen molar-refractivity contribution in [1.82, 2.24) is 9.97 Å². The van der Waals surface area contributed by atoms with E-state index in [4.69, 9.17) is 27.9 Å². The van der Waals surface area contributed by atoms with E-state index in [1.807, 2.05) is 0 Å². The molecule has 4 rings (SSSR count). The number of aromatic hydroxyl groups is 1. The van der Waals surface area contributed by atoms with Gasteiger partial charge in [-0.05, 0) is 36.4 Å². The smallest absolute Gasteiger partial charge is 0.369 e. The van der Waals surface area contributed by atoms with Crippen LogP contribution in [0.25, 0.3) is 22.3 Å². The first kappa shape index (κ1) is 37.1. The highest BCUT2D eigenvalue weighted by molar-refractivity contribution is 9.69. The zero-order valence-corrected chi connectivity index (χ0v) is 26.5. The lowest BCUT2D eigenvalue weighted by molar-refractivity contribution is -0.385. The molecule has 222 valence electrons. The van der Waals surface area contributed by atoms with Gasteiger partial charge in [-0.3, -0.25) is 20.2 Å². The number of methoxy groups -OCH3 is 1. The maximum atomic E-state index is 13.7. The minimum Gasteiger partial charge on any atom is -0.507 e. The highest BCUT2D eigenvalue weighted by Crippen LogP contribution is 2.36. The molecular weight excluding hydrogens is 800 g/mol. The van der Waals surface area contributed by atoms with Crippen LogP contribution in [0, 0.1) is 32.1 Å². The van der Waals surface area contributed by atoms with Gasteiger partial charge in [-0.25, -0.2) is 9.97 Å². The first-order chi connectivity index (χ1) is 19.2. The zero-order chi connectivity index (χ0) is 30.9. The van der Waals surface area contributed by atoms with Crippen LogP contribution in [-0.4, -0.2) is 35.2 Å². The van der Waals surface area contributed by atoms with Crippen LogP contribution in [-0.2, 0) is 0 Å². The molecule has 0 saturated heterocycles. The van der Waals surface area contributed by atoms with E-state index in [0.717, 1.165) is 24.5 Å². The number of benzene rings is 2. The Morgan fingerprint density at radius 1 is 0.810 bits per heavy atom. The first-order valence-electron chi connectivity index (χ1n) is 10.6. The van der Waals surface area contributed by atoms with E-state index in [2.05, 4.69) is 57.2 Å². The molecule has 0 bridgehead atoms. The number of phenolic OH excluding ortho intramolecular Hbond substituents is 1. The van der Waals surface area contributed by atoms with Crippen LogP contribution in [0.2, 0.25) is 10.0 Å². The summed E-state index contributed by atoms with van der Waals surface area (Å²) in [6.07, 6.45) is 1.66. The highest BCUT2D eigenvalue weighted by atomic mass is 79.9. The van der Waals surface area contributed by atoms with Gasteiger partial charge in [0.25, 0.3) is 11.4 Å².